The van der Waals surface area contributed by atoms with E-state index in [1.165, 1.54) is 13.0 Å². The van der Waals surface area contributed by atoms with Crippen LogP contribution in [0.15, 0.2) is 54.7 Å². The minimum absolute atomic E-state index is 0. The molecule has 1 amide bonds. The Morgan fingerprint density at radius 3 is 2.38 bits per heavy atom. The fourth-order valence-corrected chi connectivity index (χ4v) is 2.37. The zero-order valence-corrected chi connectivity index (χ0v) is 16.3. The lowest BCUT2D eigenvalue weighted by Gasteiger charge is -2.08. The number of likely N-dealkylation sites (N-methyl/N-ethyl adjacent to an activating group) is 1. The second-order valence-electron chi connectivity index (χ2n) is 5.11. The molecule has 2 aromatic rings. The summed E-state index contributed by atoms with van der Waals surface area (Å²) in [5.74, 6) is -0.192. The number of nitrogens with one attached hydrogen (secondary N) is 1. The number of ketones is 1. The van der Waals surface area contributed by atoms with Crippen LogP contribution in [-0.4, -0.2) is 18.7 Å². The molecule has 0 atom stereocenters. The van der Waals surface area contributed by atoms with Gasteiger partial charge in [0.25, 0.3) is 5.15 Å². The van der Waals surface area contributed by atoms with E-state index >= 15 is 0 Å². The number of carbonyl (C=O) groups excluding carboxylic acids is 2. The Bertz CT molecular complexity index is 761. The van der Waals surface area contributed by atoms with Gasteiger partial charge in [-0.15, -0.1) is 0 Å². The summed E-state index contributed by atoms with van der Waals surface area (Å²) in [7, 11) is 1.58. The third-order valence-corrected chi connectivity index (χ3v) is 3.62. The van der Waals surface area contributed by atoms with Crippen LogP contribution in [0.4, 0.5) is 0 Å². The molecule has 0 aliphatic heterocycles. The van der Waals surface area contributed by atoms with Gasteiger partial charge in [0.05, 0.1) is 0 Å². The lowest BCUT2D eigenvalue weighted by molar-refractivity contribution is -0.682. The predicted molar refractivity (Wildman–Crippen MR) is 89.9 cm³/mol. The summed E-state index contributed by atoms with van der Waals surface area (Å²) < 4.78 is 1.67. The van der Waals surface area contributed by atoms with Gasteiger partial charge in [-0.05, 0) is 23.2 Å². The predicted octanol–water partition coefficient (Wildman–Crippen LogP) is -0.602. The van der Waals surface area contributed by atoms with Crippen LogP contribution >= 0.6 is 11.6 Å². The minimum atomic E-state index is -0.197. The number of hydrogen-bond acceptors (Lipinski definition) is 2. The number of aromatic nitrogens is 1. The minimum Gasteiger partial charge on any atom is -1.00 e. The smallest absolute Gasteiger partial charge is 0.275 e. The molecule has 0 bridgehead atoms. The summed E-state index contributed by atoms with van der Waals surface area (Å²) in [6.07, 6.45) is 3.32. The van der Waals surface area contributed by atoms with Crippen molar-refractivity contribution in [3.8, 4) is 0 Å². The molecular weight excluding hydrogens is 439 g/mol. The summed E-state index contributed by atoms with van der Waals surface area (Å²) in [5, 5.41) is 3.06. The number of Topliss-reactive ketones (excluding diaryl/α,β-unsaturated/α-hetero) is 1. The third kappa shape index (κ3) is 5.42. The fraction of sp³-hybridized carbons (Fsp3) is 0.167. The van der Waals surface area contributed by atoms with Crippen LogP contribution < -0.4 is 33.9 Å². The van der Waals surface area contributed by atoms with Crippen LogP contribution in [0, 0.1) is 0 Å². The topological polar surface area (TPSA) is 50.1 Å². The number of nitrogens with zero attached hydrogens (tertiary/aromatic N) is 1. The molecule has 4 nitrogen and oxygen atoms in total. The number of pyridine rings is 1. The molecule has 6 heteroatoms. The molecule has 126 valence electrons. The zero-order chi connectivity index (χ0) is 16.8. The summed E-state index contributed by atoms with van der Waals surface area (Å²) in [6, 6.07) is 13.1. The molecule has 0 unspecified atom stereocenters. The van der Waals surface area contributed by atoms with Crippen molar-refractivity contribution in [2.45, 2.75) is 13.5 Å². The maximum absolute atomic E-state index is 11.8. The molecule has 1 N–H and O–H groups in total. The molecule has 1 heterocycles. The Kier molecular flexibility index (Phi) is 8.07. The number of hydrogen-bond donors (Lipinski definition) is 1. The van der Waals surface area contributed by atoms with Gasteiger partial charge >= 0.3 is 0 Å². The van der Waals surface area contributed by atoms with Crippen LogP contribution in [0.3, 0.4) is 0 Å². The molecule has 0 saturated carbocycles. The molecule has 24 heavy (non-hydrogen) atoms. The van der Waals surface area contributed by atoms with E-state index in [4.69, 9.17) is 11.6 Å². The molecule has 0 saturated heterocycles. The van der Waals surface area contributed by atoms with Crippen molar-refractivity contribution in [3.63, 3.8) is 0 Å². The first-order valence-corrected chi connectivity index (χ1v) is 7.56. The van der Waals surface area contributed by atoms with Crippen molar-refractivity contribution in [3.05, 3.63) is 71.0 Å². The maximum Gasteiger partial charge on any atom is 0.275 e. The standard InChI is InChI=1S/C18H17ClN2O2.HI/c1-13(22)11-21-12-15(8-9-17(21)19)16(10-18(23)20-2)14-6-4-3-5-7-14;/h3-10,12H,11H2,1-2H3;1H. The molecular formula is C18H18ClIN2O2. The van der Waals surface area contributed by atoms with Crippen LogP contribution in [0.1, 0.15) is 18.1 Å². The first-order chi connectivity index (χ1) is 11.0. The van der Waals surface area contributed by atoms with Crippen molar-refractivity contribution in [2.75, 3.05) is 7.05 Å². The highest BCUT2D eigenvalue weighted by atomic mass is 127. The lowest BCUT2D eigenvalue weighted by Crippen LogP contribution is -3.00. The second-order valence-corrected chi connectivity index (χ2v) is 5.50. The van der Waals surface area contributed by atoms with Crippen molar-refractivity contribution < 1.29 is 38.1 Å². The number of rotatable bonds is 5. The number of carbonyl (C=O) groups is 2. The van der Waals surface area contributed by atoms with Gasteiger partial charge in [0, 0.05) is 37.3 Å². The van der Waals surface area contributed by atoms with Gasteiger partial charge in [-0.1, -0.05) is 30.3 Å². The van der Waals surface area contributed by atoms with E-state index in [9.17, 15) is 9.59 Å². The Labute approximate surface area is 163 Å². The van der Waals surface area contributed by atoms with Gasteiger partial charge in [-0.3, -0.25) is 9.59 Å². The van der Waals surface area contributed by atoms with E-state index in [1.807, 2.05) is 36.4 Å². The quantitative estimate of drug-likeness (QED) is 0.283. The highest BCUT2D eigenvalue weighted by Crippen LogP contribution is 2.23. The highest BCUT2D eigenvalue weighted by Gasteiger charge is 2.16. The first kappa shape index (κ1) is 20.3. The molecule has 0 spiro atoms. The van der Waals surface area contributed by atoms with Gasteiger partial charge < -0.3 is 29.3 Å². The summed E-state index contributed by atoms with van der Waals surface area (Å²) >= 11 is 6.14. The van der Waals surface area contributed by atoms with Gasteiger partial charge in [-0.2, -0.15) is 4.57 Å². The molecule has 0 aliphatic carbocycles. The van der Waals surface area contributed by atoms with E-state index in [-0.39, 0.29) is 42.2 Å². The van der Waals surface area contributed by atoms with Gasteiger partial charge in [0.2, 0.25) is 12.5 Å². The van der Waals surface area contributed by atoms with Gasteiger partial charge in [0.15, 0.2) is 12.0 Å². The van der Waals surface area contributed by atoms with Crippen LogP contribution in [0.2, 0.25) is 5.15 Å². The molecule has 0 radical (unpaired) electrons. The molecule has 0 aliphatic rings. The Morgan fingerprint density at radius 1 is 1.12 bits per heavy atom. The van der Waals surface area contributed by atoms with Crippen molar-refractivity contribution >= 4 is 28.9 Å². The normalized spacial score (nSPS) is 10.7. The summed E-state index contributed by atoms with van der Waals surface area (Å²) in [4.78, 5) is 23.2. The average Bonchev–Trinajstić information content (AvgIpc) is 2.55. The molecule has 1 aromatic heterocycles. The van der Waals surface area contributed by atoms with E-state index in [1.54, 1.807) is 23.9 Å². The Balaban J connectivity index is 0.00000288. The lowest BCUT2D eigenvalue weighted by atomic mass is 9.98. The van der Waals surface area contributed by atoms with Crippen LogP contribution in [-0.2, 0) is 16.1 Å². The first-order valence-electron chi connectivity index (χ1n) is 7.19. The summed E-state index contributed by atoms with van der Waals surface area (Å²) in [6.45, 7) is 1.70. The van der Waals surface area contributed by atoms with Crippen LogP contribution in [0.25, 0.3) is 5.57 Å². The number of halogens is 2. The average molecular weight is 457 g/mol. The zero-order valence-electron chi connectivity index (χ0n) is 13.4. The van der Waals surface area contributed by atoms with Gasteiger partial charge in [-0.25, -0.2) is 0 Å². The largest absolute Gasteiger partial charge is 1.00 e. The fourth-order valence-electron chi connectivity index (χ4n) is 2.20. The van der Waals surface area contributed by atoms with Crippen LogP contribution in [0.5, 0.6) is 0 Å². The number of amides is 1. The SMILES string of the molecule is CNC(=O)C=C(c1ccccc1)c1ccc(Cl)[n+](CC(C)=O)c1.[I-]. The van der Waals surface area contributed by atoms with E-state index < -0.39 is 0 Å². The molecule has 1 aromatic carbocycles. The van der Waals surface area contributed by atoms with E-state index in [2.05, 4.69) is 5.32 Å². The summed E-state index contributed by atoms with van der Waals surface area (Å²) in [5.41, 5.74) is 2.48. The Morgan fingerprint density at radius 2 is 1.79 bits per heavy atom. The monoisotopic (exact) mass is 456 g/mol. The van der Waals surface area contributed by atoms with E-state index in [0.29, 0.717) is 5.15 Å². The van der Waals surface area contributed by atoms with E-state index in [0.717, 1.165) is 16.7 Å². The van der Waals surface area contributed by atoms with Crippen molar-refractivity contribution in [2.24, 2.45) is 0 Å². The maximum atomic E-state index is 11.8. The van der Waals surface area contributed by atoms with Crippen molar-refractivity contribution in [1.29, 1.82) is 0 Å². The number of benzene rings is 1. The van der Waals surface area contributed by atoms with Crippen molar-refractivity contribution in [1.82, 2.24) is 5.32 Å². The third-order valence-electron chi connectivity index (χ3n) is 3.28. The Hall–Kier alpha value is -1.73. The molecule has 0 fully saturated rings. The van der Waals surface area contributed by atoms with Gasteiger partial charge in [0.1, 0.15) is 0 Å². The molecule has 2 rings (SSSR count). The second kappa shape index (κ2) is 9.54. The highest BCUT2D eigenvalue weighted by molar-refractivity contribution is 6.28.